The summed E-state index contributed by atoms with van der Waals surface area (Å²) in [6.07, 6.45) is 1.07. The van der Waals surface area contributed by atoms with Gasteiger partial charge in [-0.3, -0.25) is 0 Å². The van der Waals surface area contributed by atoms with Gasteiger partial charge in [-0.2, -0.15) is 0 Å². The third-order valence-corrected chi connectivity index (χ3v) is 2.48. The van der Waals surface area contributed by atoms with Crippen LogP contribution in [0.2, 0.25) is 0 Å². The lowest BCUT2D eigenvalue weighted by atomic mass is 10.1. The van der Waals surface area contributed by atoms with Crippen LogP contribution in [0.1, 0.15) is 31.9 Å². The summed E-state index contributed by atoms with van der Waals surface area (Å²) in [5, 5.41) is 12.6. The molecule has 0 radical (unpaired) electrons. The first kappa shape index (κ1) is 11.2. The van der Waals surface area contributed by atoms with Gasteiger partial charge in [0.15, 0.2) is 0 Å². The summed E-state index contributed by atoms with van der Waals surface area (Å²) in [7, 11) is 0. The molecule has 0 heterocycles. The summed E-state index contributed by atoms with van der Waals surface area (Å²) in [5.74, 6) is 0. The third-order valence-electron chi connectivity index (χ3n) is 2.48. The highest BCUT2D eigenvalue weighted by Gasteiger charge is 2.11. The molecule has 2 atom stereocenters. The number of rotatable bonds is 5. The molecule has 0 aromatic heterocycles. The zero-order valence-corrected chi connectivity index (χ0v) is 8.90. The molecule has 78 valence electrons. The smallest absolute Gasteiger partial charge is 0.0626 e. The Morgan fingerprint density at radius 3 is 2.43 bits per heavy atom. The average Bonchev–Trinajstić information content (AvgIpc) is 2.26. The van der Waals surface area contributed by atoms with Gasteiger partial charge in [-0.15, -0.1) is 0 Å². The predicted octanol–water partition coefficient (Wildman–Crippen LogP) is 2.11. The van der Waals surface area contributed by atoms with Crippen LogP contribution in [0.3, 0.4) is 0 Å². The molecule has 1 aromatic carbocycles. The molecule has 2 nitrogen and oxygen atoms in total. The van der Waals surface area contributed by atoms with E-state index >= 15 is 0 Å². The molecule has 0 saturated heterocycles. The van der Waals surface area contributed by atoms with E-state index in [1.165, 1.54) is 0 Å². The van der Waals surface area contributed by atoms with E-state index in [1.54, 1.807) is 0 Å². The van der Waals surface area contributed by atoms with Crippen molar-refractivity contribution in [3.05, 3.63) is 35.9 Å². The maximum Gasteiger partial charge on any atom is 0.0626 e. The number of hydrogen-bond acceptors (Lipinski definition) is 2. The summed E-state index contributed by atoms with van der Waals surface area (Å²) >= 11 is 0. The zero-order valence-electron chi connectivity index (χ0n) is 8.90. The van der Waals surface area contributed by atoms with E-state index in [2.05, 4.69) is 19.2 Å². The van der Waals surface area contributed by atoms with Crippen LogP contribution >= 0.6 is 0 Å². The van der Waals surface area contributed by atoms with Crippen LogP contribution < -0.4 is 5.32 Å². The molecular weight excluding hydrogens is 174 g/mol. The van der Waals surface area contributed by atoms with E-state index in [4.69, 9.17) is 0 Å². The highest BCUT2D eigenvalue weighted by molar-refractivity contribution is 5.18. The van der Waals surface area contributed by atoms with Crippen LogP contribution in [0.15, 0.2) is 30.3 Å². The van der Waals surface area contributed by atoms with Gasteiger partial charge in [-0.05, 0) is 18.9 Å². The Balaban J connectivity index is 2.63. The molecule has 0 aliphatic heterocycles. The molecule has 0 unspecified atom stereocenters. The Morgan fingerprint density at radius 2 is 1.93 bits per heavy atom. The van der Waals surface area contributed by atoms with Crippen LogP contribution in [-0.4, -0.2) is 17.8 Å². The number of aliphatic hydroxyl groups excluding tert-OH is 1. The SMILES string of the molecule is CC[C@@H](C)N[C@H](CO)c1ccccc1. The number of nitrogens with one attached hydrogen (secondary N) is 1. The molecule has 2 heteroatoms. The second-order valence-electron chi connectivity index (χ2n) is 3.62. The van der Waals surface area contributed by atoms with Gasteiger partial charge in [0.05, 0.1) is 12.6 Å². The van der Waals surface area contributed by atoms with Crippen molar-refractivity contribution in [3.8, 4) is 0 Å². The summed E-state index contributed by atoms with van der Waals surface area (Å²) in [4.78, 5) is 0. The van der Waals surface area contributed by atoms with Crippen LogP contribution in [-0.2, 0) is 0 Å². The Labute approximate surface area is 86.0 Å². The molecule has 1 aromatic rings. The molecule has 0 fully saturated rings. The Morgan fingerprint density at radius 1 is 1.29 bits per heavy atom. The summed E-state index contributed by atoms with van der Waals surface area (Å²) in [6.45, 7) is 4.41. The standard InChI is InChI=1S/C12H19NO/c1-3-10(2)13-12(9-14)11-7-5-4-6-8-11/h4-8,10,12-14H,3,9H2,1-2H3/t10-,12-/m1/s1. The van der Waals surface area contributed by atoms with Crippen molar-refractivity contribution < 1.29 is 5.11 Å². The van der Waals surface area contributed by atoms with Crippen LogP contribution in [0, 0.1) is 0 Å². The highest BCUT2D eigenvalue weighted by atomic mass is 16.3. The lowest BCUT2D eigenvalue weighted by molar-refractivity contribution is 0.234. The fraction of sp³-hybridized carbons (Fsp3) is 0.500. The second kappa shape index (κ2) is 5.78. The van der Waals surface area contributed by atoms with Gasteiger partial charge in [0.1, 0.15) is 0 Å². The highest BCUT2D eigenvalue weighted by Crippen LogP contribution is 2.12. The topological polar surface area (TPSA) is 32.3 Å². The van der Waals surface area contributed by atoms with Crippen molar-refractivity contribution in [2.45, 2.75) is 32.4 Å². The third kappa shape index (κ3) is 3.13. The van der Waals surface area contributed by atoms with E-state index in [-0.39, 0.29) is 12.6 Å². The van der Waals surface area contributed by atoms with Gasteiger partial charge in [-0.25, -0.2) is 0 Å². The first-order valence-electron chi connectivity index (χ1n) is 5.19. The van der Waals surface area contributed by atoms with Gasteiger partial charge >= 0.3 is 0 Å². The summed E-state index contributed by atoms with van der Waals surface area (Å²) < 4.78 is 0. The molecule has 0 aliphatic rings. The molecule has 0 amide bonds. The Hall–Kier alpha value is -0.860. The summed E-state index contributed by atoms with van der Waals surface area (Å²) in [5.41, 5.74) is 1.15. The quantitative estimate of drug-likeness (QED) is 0.750. The predicted molar refractivity (Wildman–Crippen MR) is 59.2 cm³/mol. The van der Waals surface area contributed by atoms with Gasteiger partial charge < -0.3 is 10.4 Å². The molecule has 14 heavy (non-hydrogen) atoms. The van der Waals surface area contributed by atoms with Gasteiger partial charge in [0.2, 0.25) is 0 Å². The molecule has 0 bridgehead atoms. The van der Waals surface area contributed by atoms with Crippen LogP contribution in [0.25, 0.3) is 0 Å². The zero-order chi connectivity index (χ0) is 10.4. The van der Waals surface area contributed by atoms with E-state index < -0.39 is 0 Å². The van der Waals surface area contributed by atoms with Gasteiger partial charge in [-0.1, -0.05) is 37.3 Å². The van der Waals surface area contributed by atoms with E-state index in [0.29, 0.717) is 6.04 Å². The minimum absolute atomic E-state index is 0.0612. The van der Waals surface area contributed by atoms with E-state index in [1.807, 2.05) is 30.3 Å². The molecule has 0 spiro atoms. The van der Waals surface area contributed by atoms with Crippen molar-refractivity contribution in [1.29, 1.82) is 0 Å². The second-order valence-corrected chi connectivity index (χ2v) is 3.62. The number of aliphatic hydroxyl groups is 1. The molecule has 1 rings (SSSR count). The van der Waals surface area contributed by atoms with Crippen molar-refractivity contribution in [3.63, 3.8) is 0 Å². The van der Waals surface area contributed by atoms with E-state index in [0.717, 1.165) is 12.0 Å². The van der Waals surface area contributed by atoms with Crippen molar-refractivity contribution in [2.24, 2.45) is 0 Å². The number of hydrogen-bond donors (Lipinski definition) is 2. The van der Waals surface area contributed by atoms with Crippen molar-refractivity contribution in [1.82, 2.24) is 5.32 Å². The lowest BCUT2D eigenvalue weighted by Crippen LogP contribution is -2.32. The minimum Gasteiger partial charge on any atom is -0.394 e. The Bertz CT molecular complexity index is 248. The van der Waals surface area contributed by atoms with Crippen LogP contribution in [0.4, 0.5) is 0 Å². The monoisotopic (exact) mass is 193 g/mol. The summed E-state index contributed by atoms with van der Waals surface area (Å²) in [6, 6.07) is 10.6. The first-order chi connectivity index (χ1) is 6.77. The van der Waals surface area contributed by atoms with Crippen molar-refractivity contribution in [2.75, 3.05) is 6.61 Å². The molecule has 0 saturated carbocycles. The van der Waals surface area contributed by atoms with Crippen molar-refractivity contribution >= 4 is 0 Å². The minimum atomic E-state index is 0.0612. The Kier molecular flexibility index (Phi) is 4.63. The fourth-order valence-electron chi connectivity index (χ4n) is 1.40. The normalized spacial score (nSPS) is 15.1. The van der Waals surface area contributed by atoms with Gasteiger partial charge in [0, 0.05) is 6.04 Å². The average molecular weight is 193 g/mol. The fourth-order valence-corrected chi connectivity index (χ4v) is 1.40. The van der Waals surface area contributed by atoms with E-state index in [9.17, 15) is 5.11 Å². The molecular formula is C12H19NO. The first-order valence-corrected chi connectivity index (χ1v) is 5.19. The molecule has 2 N–H and O–H groups in total. The molecule has 0 aliphatic carbocycles. The maximum absolute atomic E-state index is 9.26. The maximum atomic E-state index is 9.26. The largest absolute Gasteiger partial charge is 0.394 e. The number of benzene rings is 1. The van der Waals surface area contributed by atoms with Crippen LogP contribution in [0.5, 0.6) is 0 Å². The lowest BCUT2D eigenvalue weighted by Gasteiger charge is -2.20. The van der Waals surface area contributed by atoms with Gasteiger partial charge in [0.25, 0.3) is 0 Å².